The third-order valence-corrected chi connectivity index (χ3v) is 7.98. The zero-order valence-electron chi connectivity index (χ0n) is 13.2. The van der Waals surface area contributed by atoms with Gasteiger partial charge in [-0.1, -0.05) is 0 Å². The van der Waals surface area contributed by atoms with E-state index in [-0.39, 0.29) is 0 Å². The van der Waals surface area contributed by atoms with E-state index in [9.17, 15) is 18.9 Å². The Morgan fingerprint density at radius 3 is 2.46 bits per heavy atom. The van der Waals surface area contributed by atoms with Crippen LogP contribution in [-0.4, -0.2) is 65.1 Å². The Bertz CT molecular complexity index is 623. The fraction of sp³-hybridized carbons (Fsp3) is 1.00. The molecule has 0 bridgehead atoms. The molecule has 2 saturated heterocycles. The number of ether oxygens (including phenoxy) is 3. The molecular formula is C9H18BO12P3S. The lowest BCUT2D eigenvalue weighted by Gasteiger charge is -2.24. The molecule has 0 aromatic carbocycles. The van der Waals surface area contributed by atoms with Crippen molar-refractivity contribution < 1.29 is 56.1 Å². The summed E-state index contributed by atoms with van der Waals surface area (Å²) in [5, 5.41) is 0. The minimum atomic E-state index is -5.36. The summed E-state index contributed by atoms with van der Waals surface area (Å²) < 4.78 is 51.1. The lowest BCUT2D eigenvalue weighted by molar-refractivity contribution is -0.160. The first-order valence-corrected chi connectivity index (χ1v) is 12.9. The van der Waals surface area contributed by atoms with Gasteiger partial charge in [-0.05, 0) is 24.6 Å². The van der Waals surface area contributed by atoms with Gasteiger partial charge in [-0.15, -0.1) is 0 Å². The van der Waals surface area contributed by atoms with Gasteiger partial charge in [0.25, 0.3) is 0 Å². The highest BCUT2D eigenvalue weighted by atomic mass is 32.5. The highest BCUT2D eigenvalue weighted by Crippen LogP contribution is 2.66. The van der Waals surface area contributed by atoms with E-state index < -0.39 is 53.5 Å². The number of phosphoric acid groups is 2. The van der Waals surface area contributed by atoms with E-state index in [0.717, 1.165) is 6.42 Å². The molecule has 0 aromatic rings. The molecule has 0 aromatic heterocycles. The van der Waals surface area contributed by atoms with Crippen LogP contribution >= 0.6 is 22.4 Å². The zero-order valence-corrected chi connectivity index (χ0v) is 16.7. The van der Waals surface area contributed by atoms with Crippen LogP contribution in [0, 0.1) is 0 Å². The molecule has 17 heteroatoms. The third kappa shape index (κ3) is 8.02. The largest absolute Gasteiger partial charge is 0.488 e. The predicted molar refractivity (Wildman–Crippen MR) is 89.4 cm³/mol. The summed E-state index contributed by atoms with van der Waals surface area (Å²) in [4.78, 5) is 36.1. The van der Waals surface area contributed by atoms with Crippen LogP contribution in [0.1, 0.15) is 19.3 Å². The Balaban J connectivity index is 1.89. The molecule has 0 aliphatic carbocycles. The second-order valence-corrected chi connectivity index (χ2v) is 11.3. The first-order valence-electron chi connectivity index (χ1n) is 7.32. The van der Waals surface area contributed by atoms with Gasteiger partial charge in [-0.2, -0.15) is 4.31 Å². The molecule has 6 atom stereocenters. The number of hydrogen-bond donors (Lipinski definition) is 4. The van der Waals surface area contributed by atoms with E-state index in [1.54, 1.807) is 0 Å². The minimum Gasteiger partial charge on any atom is -0.380 e. The van der Waals surface area contributed by atoms with Gasteiger partial charge in [0.1, 0.15) is 14.0 Å². The Morgan fingerprint density at radius 1 is 1.19 bits per heavy atom. The molecule has 150 valence electrons. The third-order valence-electron chi connectivity index (χ3n) is 3.26. The average Bonchev–Trinajstić information content (AvgIpc) is 3.02. The highest BCUT2D eigenvalue weighted by molar-refractivity contribution is 8.08. The molecule has 2 aliphatic rings. The van der Waals surface area contributed by atoms with Crippen molar-refractivity contribution in [1.82, 2.24) is 0 Å². The van der Waals surface area contributed by atoms with Crippen LogP contribution in [-0.2, 0) is 48.3 Å². The molecule has 2 rings (SSSR count). The Morgan fingerprint density at radius 2 is 1.88 bits per heavy atom. The molecular weight excluding hydrogens is 436 g/mol. The first-order chi connectivity index (χ1) is 11.9. The van der Waals surface area contributed by atoms with Gasteiger partial charge in [0, 0.05) is 19.0 Å². The van der Waals surface area contributed by atoms with Crippen molar-refractivity contribution in [2.45, 2.75) is 43.8 Å². The molecule has 2 fully saturated rings. The predicted octanol–water partition coefficient (Wildman–Crippen LogP) is 0.251. The Hall–Kier alpha value is 0.775. The molecule has 4 N–H and O–H groups in total. The maximum absolute atomic E-state index is 11.4. The normalized spacial score (nSPS) is 34.5. The summed E-state index contributed by atoms with van der Waals surface area (Å²) in [6, 6.07) is -0.658. The monoisotopic (exact) mass is 454 g/mol. The number of hydrogen-bond acceptors (Lipinski definition) is 9. The van der Waals surface area contributed by atoms with Crippen LogP contribution in [0.25, 0.3) is 0 Å². The second-order valence-electron chi connectivity index (χ2n) is 5.45. The Kier molecular flexibility index (Phi) is 8.04. The van der Waals surface area contributed by atoms with E-state index in [4.69, 9.17) is 36.4 Å². The molecule has 6 unspecified atom stereocenters. The van der Waals surface area contributed by atoms with Crippen molar-refractivity contribution in [3.63, 3.8) is 0 Å². The summed E-state index contributed by atoms with van der Waals surface area (Å²) in [7, 11) is -5.01. The summed E-state index contributed by atoms with van der Waals surface area (Å²) in [5.41, 5.74) is 0. The van der Waals surface area contributed by atoms with Crippen LogP contribution in [0.5, 0.6) is 0 Å². The Labute approximate surface area is 155 Å². The van der Waals surface area contributed by atoms with Crippen molar-refractivity contribution >= 4 is 42.0 Å². The molecule has 0 spiro atoms. The number of rotatable bonds is 9. The molecule has 0 saturated carbocycles. The lowest BCUT2D eigenvalue weighted by atomic mass is 9.96. The van der Waals surface area contributed by atoms with Crippen molar-refractivity contribution in [1.29, 1.82) is 0 Å². The van der Waals surface area contributed by atoms with Crippen LogP contribution in [0.4, 0.5) is 0 Å². The van der Waals surface area contributed by atoms with E-state index in [2.05, 4.69) is 20.4 Å². The van der Waals surface area contributed by atoms with Crippen molar-refractivity contribution in [2.24, 2.45) is 0 Å². The van der Waals surface area contributed by atoms with Gasteiger partial charge in [0.05, 0.1) is 12.7 Å². The molecule has 26 heavy (non-hydrogen) atoms. The standard InChI is InChI=1S/C9H18BO12P3S/c10-8-4-6(20-9-2-1-3-17-9)7(19-8)5-18-25(16,26)22-24(14,15)21-23(11,12)13/h6-9H,1-5H2,(H,14,15)(H,16,26)(H2,11,12,13). The summed E-state index contributed by atoms with van der Waals surface area (Å²) in [6.45, 7) is -4.23. The summed E-state index contributed by atoms with van der Waals surface area (Å²) in [5.74, 6) is 0. The van der Waals surface area contributed by atoms with Gasteiger partial charge >= 0.3 is 22.4 Å². The molecule has 12 nitrogen and oxygen atoms in total. The fourth-order valence-corrected chi connectivity index (χ4v) is 6.33. The van der Waals surface area contributed by atoms with Gasteiger partial charge in [-0.25, -0.2) is 13.4 Å². The quantitative estimate of drug-likeness (QED) is 0.277. The van der Waals surface area contributed by atoms with Crippen LogP contribution in [0.2, 0.25) is 0 Å². The van der Waals surface area contributed by atoms with Crippen molar-refractivity contribution in [2.75, 3.05) is 13.2 Å². The average molecular weight is 454 g/mol. The van der Waals surface area contributed by atoms with E-state index in [0.29, 0.717) is 19.4 Å². The van der Waals surface area contributed by atoms with E-state index in [1.165, 1.54) is 0 Å². The lowest BCUT2D eigenvalue weighted by Crippen LogP contribution is -2.32. The molecule has 2 aliphatic heterocycles. The van der Waals surface area contributed by atoms with E-state index in [1.807, 2.05) is 0 Å². The molecule has 0 amide bonds. The first kappa shape index (κ1) is 23.1. The minimum absolute atomic E-state index is 0.322. The fourth-order valence-electron chi connectivity index (χ4n) is 2.36. The maximum Gasteiger partial charge on any atom is 0.488 e. The second kappa shape index (κ2) is 9.07. The smallest absolute Gasteiger partial charge is 0.380 e. The van der Waals surface area contributed by atoms with Crippen LogP contribution in [0.15, 0.2) is 0 Å². The van der Waals surface area contributed by atoms with Gasteiger partial charge in [0.2, 0.25) is 0 Å². The summed E-state index contributed by atoms with van der Waals surface area (Å²) >= 11 is 4.53. The van der Waals surface area contributed by atoms with Gasteiger partial charge < -0.3 is 38.3 Å². The highest BCUT2D eigenvalue weighted by Gasteiger charge is 2.41. The zero-order chi connectivity index (χ0) is 19.6. The summed E-state index contributed by atoms with van der Waals surface area (Å²) in [6.07, 6.45) is 0.154. The van der Waals surface area contributed by atoms with Crippen molar-refractivity contribution in [3.05, 3.63) is 0 Å². The SMILES string of the molecule is [B]C1CC(OC2CCCO2)C(COP(O)(=S)OP(=O)(O)OP(=O)(O)O)O1. The van der Waals surface area contributed by atoms with E-state index >= 15 is 0 Å². The topological polar surface area (TPSA) is 170 Å². The molecule has 2 radical (unpaired) electrons. The van der Waals surface area contributed by atoms with Gasteiger partial charge in [-0.3, -0.25) is 0 Å². The maximum atomic E-state index is 11.4. The van der Waals surface area contributed by atoms with Crippen LogP contribution in [0.3, 0.4) is 0 Å². The molecule has 2 heterocycles. The van der Waals surface area contributed by atoms with Gasteiger partial charge in [0.15, 0.2) is 6.29 Å². The van der Waals surface area contributed by atoms with Crippen molar-refractivity contribution in [3.8, 4) is 0 Å². The van der Waals surface area contributed by atoms with Crippen LogP contribution < -0.4 is 0 Å².